The summed E-state index contributed by atoms with van der Waals surface area (Å²) in [7, 11) is 2.11. The van der Waals surface area contributed by atoms with E-state index in [0.29, 0.717) is 0 Å². The van der Waals surface area contributed by atoms with E-state index in [-0.39, 0.29) is 0 Å². The second kappa shape index (κ2) is 6.72. The number of hydrogen-bond acceptors (Lipinski definition) is 3. The predicted molar refractivity (Wildman–Crippen MR) is 71.3 cm³/mol. The molecule has 0 aromatic rings. The number of ether oxygens (including phenoxy) is 1. The van der Waals surface area contributed by atoms with Gasteiger partial charge in [-0.3, -0.25) is 4.90 Å². The minimum absolute atomic E-state index is 0.764. The molecule has 2 bridgehead atoms. The zero-order valence-corrected chi connectivity index (χ0v) is 11.5. The topological polar surface area (TPSA) is 24.5 Å². The van der Waals surface area contributed by atoms with Gasteiger partial charge in [0.05, 0.1) is 0 Å². The first kappa shape index (κ1) is 13.3. The Hall–Kier alpha value is -0.120. The lowest BCUT2D eigenvalue weighted by molar-refractivity contribution is 0.0869. The van der Waals surface area contributed by atoms with Crippen molar-refractivity contribution < 1.29 is 4.74 Å². The lowest BCUT2D eigenvalue weighted by atomic mass is 9.97. The molecule has 2 fully saturated rings. The molecule has 3 heteroatoms. The minimum atomic E-state index is 0.764. The molecule has 100 valence electrons. The van der Waals surface area contributed by atoms with E-state index >= 15 is 0 Å². The highest BCUT2D eigenvalue weighted by atomic mass is 16.5. The van der Waals surface area contributed by atoms with E-state index in [1.54, 1.807) is 0 Å². The molecule has 17 heavy (non-hydrogen) atoms. The first-order valence-electron chi connectivity index (χ1n) is 7.36. The predicted octanol–water partition coefficient (Wildman–Crippen LogP) is 2.02. The molecule has 2 atom stereocenters. The second-order valence-electron chi connectivity index (χ2n) is 5.55. The summed E-state index contributed by atoms with van der Waals surface area (Å²) in [6.07, 6.45) is 7.87. The fraction of sp³-hybridized carbons (Fsp3) is 1.00. The Morgan fingerprint density at radius 3 is 2.47 bits per heavy atom. The van der Waals surface area contributed by atoms with Crippen molar-refractivity contribution in [1.29, 1.82) is 0 Å². The van der Waals surface area contributed by atoms with E-state index < -0.39 is 0 Å². The second-order valence-corrected chi connectivity index (χ2v) is 5.55. The largest absolute Gasteiger partial charge is 0.381 e. The maximum atomic E-state index is 5.57. The Morgan fingerprint density at radius 1 is 1.18 bits per heavy atom. The number of piperidine rings is 1. The van der Waals surface area contributed by atoms with Crippen LogP contribution in [0.15, 0.2) is 0 Å². The first-order chi connectivity index (χ1) is 8.35. The van der Waals surface area contributed by atoms with Gasteiger partial charge in [0.15, 0.2) is 0 Å². The Kier molecular flexibility index (Phi) is 5.26. The molecule has 0 aromatic heterocycles. The third kappa shape index (κ3) is 3.43. The average molecular weight is 240 g/mol. The molecule has 1 N–H and O–H groups in total. The summed E-state index contributed by atoms with van der Waals surface area (Å²) in [6, 6.07) is 2.45. The van der Waals surface area contributed by atoms with Crippen LogP contribution in [0.5, 0.6) is 0 Å². The molecule has 2 heterocycles. The molecule has 2 aliphatic heterocycles. The zero-order chi connectivity index (χ0) is 12.1. The molecular weight excluding hydrogens is 212 g/mol. The van der Waals surface area contributed by atoms with Crippen LogP contribution in [-0.4, -0.2) is 49.8 Å². The van der Waals surface area contributed by atoms with Crippen LogP contribution in [0.1, 0.15) is 45.4 Å². The summed E-state index contributed by atoms with van der Waals surface area (Å²) in [6.45, 7) is 5.28. The van der Waals surface area contributed by atoms with Crippen LogP contribution >= 0.6 is 0 Å². The summed E-state index contributed by atoms with van der Waals surface area (Å²) >= 11 is 0. The first-order valence-corrected chi connectivity index (χ1v) is 7.36. The van der Waals surface area contributed by atoms with Crippen LogP contribution in [0, 0.1) is 0 Å². The van der Waals surface area contributed by atoms with Crippen LogP contribution in [0.4, 0.5) is 0 Å². The Labute approximate surface area is 106 Å². The van der Waals surface area contributed by atoms with Crippen molar-refractivity contribution in [2.45, 2.75) is 63.6 Å². The van der Waals surface area contributed by atoms with Gasteiger partial charge < -0.3 is 10.1 Å². The van der Waals surface area contributed by atoms with Gasteiger partial charge >= 0.3 is 0 Å². The monoisotopic (exact) mass is 240 g/mol. The molecular formula is C14H28N2O. The van der Waals surface area contributed by atoms with Gasteiger partial charge in [-0.15, -0.1) is 0 Å². The minimum Gasteiger partial charge on any atom is -0.381 e. The van der Waals surface area contributed by atoms with E-state index in [1.807, 2.05) is 0 Å². The molecule has 0 radical (unpaired) electrons. The highest BCUT2D eigenvalue weighted by molar-refractivity contribution is 4.96. The fourth-order valence-electron chi connectivity index (χ4n) is 3.47. The van der Waals surface area contributed by atoms with Gasteiger partial charge in [-0.05, 0) is 45.6 Å². The third-order valence-electron chi connectivity index (χ3n) is 4.35. The summed E-state index contributed by atoms with van der Waals surface area (Å²) < 4.78 is 5.57. The standard InChI is InChI=1S/C14H28N2O/c1-3-8-17-9-4-7-16-13-5-6-14(16)11-12(10-13)15-2/h12-15H,3-11H2,1-2H3. The normalized spacial score (nSPS) is 33.2. The highest BCUT2D eigenvalue weighted by Crippen LogP contribution is 2.35. The molecule has 0 aromatic carbocycles. The maximum Gasteiger partial charge on any atom is 0.0478 e. The maximum absolute atomic E-state index is 5.57. The third-order valence-corrected chi connectivity index (χ3v) is 4.35. The van der Waals surface area contributed by atoms with Crippen molar-refractivity contribution in [2.75, 3.05) is 26.8 Å². The summed E-state index contributed by atoms with van der Waals surface area (Å²) in [4.78, 5) is 2.75. The van der Waals surface area contributed by atoms with Crippen LogP contribution in [-0.2, 0) is 4.74 Å². The summed E-state index contributed by atoms with van der Waals surface area (Å²) in [5.41, 5.74) is 0. The van der Waals surface area contributed by atoms with Crippen molar-refractivity contribution in [3.8, 4) is 0 Å². The number of rotatable bonds is 7. The lowest BCUT2D eigenvalue weighted by Gasteiger charge is -2.38. The molecule has 2 aliphatic rings. The molecule has 2 saturated heterocycles. The quantitative estimate of drug-likeness (QED) is 0.689. The Bertz CT molecular complexity index is 208. The molecule has 0 spiro atoms. The van der Waals surface area contributed by atoms with E-state index in [1.165, 1.54) is 38.6 Å². The van der Waals surface area contributed by atoms with E-state index in [9.17, 15) is 0 Å². The highest BCUT2D eigenvalue weighted by Gasteiger charge is 2.39. The number of fused-ring (bicyclic) bond motifs is 2. The summed E-state index contributed by atoms with van der Waals surface area (Å²) in [5.74, 6) is 0. The average Bonchev–Trinajstić information content (AvgIpc) is 2.60. The molecule has 2 unspecified atom stereocenters. The Balaban J connectivity index is 1.68. The molecule has 0 saturated carbocycles. The van der Waals surface area contributed by atoms with E-state index in [4.69, 9.17) is 4.74 Å². The van der Waals surface area contributed by atoms with Crippen molar-refractivity contribution in [2.24, 2.45) is 0 Å². The van der Waals surface area contributed by atoms with Gasteiger partial charge in [0.1, 0.15) is 0 Å². The SMILES string of the molecule is CCCOCCCN1C2CCC1CC(NC)C2. The number of nitrogens with one attached hydrogen (secondary N) is 1. The van der Waals surface area contributed by atoms with Gasteiger partial charge in [0.25, 0.3) is 0 Å². The molecule has 3 nitrogen and oxygen atoms in total. The van der Waals surface area contributed by atoms with Crippen LogP contribution in [0.25, 0.3) is 0 Å². The fourth-order valence-corrected chi connectivity index (χ4v) is 3.47. The van der Waals surface area contributed by atoms with Gasteiger partial charge in [-0.1, -0.05) is 6.92 Å². The van der Waals surface area contributed by atoms with E-state index in [0.717, 1.165) is 37.8 Å². The summed E-state index contributed by atoms with van der Waals surface area (Å²) in [5, 5.41) is 3.46. The van der Waals surface area contributed by atoms with Crippen molar-refractivity contribution in [3.63, 3.8) is 0 Å². The van der Waals surface area contributed by atoms with Crippen LogP contribution in [0.3, 0.4) is 0 Å². The van der Waals surface area contributed by atoms with Crippen molar-refractivity contribution in [3.05, 3.63) is 0 Å². The van der Waals surface area contributed by atoms with Gasteiger partial charge in [-0.25, -0.2) is 0 Å². The lowest BCUT2D eigenvalue weighted by Crippen LogP contribution is -2.48. The van der Waals surface area contributed by atoms with Crippen molar-refractivity contribution >= 4 is 0 Å². The molecule has 0 amide bonds. The number of hydrogen-bond donors (Lipinski definition) is 1. The number of nitrogens with zero attached hydrogens (tertiary/aromatic N) is 1. The zero-order valence-electron chi connectivity index (χ0n) is 11.5. The van der Waals surface area contributed by atoms with Gasteiger partial charge in [0.2, 0.25) is 0 Å². The van der Waals surface area contributed by atoms with Crippen LogP contribution < -0.4 is 5.32 Å². The van der Waals surface area contributed by atoms with E-state index in [2.05, 4.69) is 24.2 Å². The van der Waals surface area contributed by atoms with Crippen LogP contribution in [0.2, 0.25) is 0 Å². The van der Waals surface area contributed by atoms with Gasteiger partial charge in [0, 0.05) is 37.9 Å². The smallest absolute Gasteiger partial charge is 0.0478 e. The molecule has 0 aliphatic carbocycles. The van der Waals surface area contributed by atoms with Crippen molar-refractivity contribution in [1.82, 2.24) is 10.2 Å². The Morgan fingerprint density at radius 2 is 1.88 bits per heavy atom. The molecule has 2 rings (SSSR count). The van der Waals surface area contributed by atoms with Gasteiger partial charge in [-0.2, -0.15) is 0 Å².